The molecular formula is C18H22IN3O2. The molecule has 6 heteroatoms. The number of nitrogens with zero attached hydrogens (tertiary/aromatic N) is 3. The number of carbonyl (C=O) groups excluding carboxylic acids is 1. The molecule has 0 unspecified atom stereocenters. The van der Waals surface area contributed by atoms with E-state index in [4.69, 9.17) is 4.74 Å². The van der Waals surface area contributed by atoms with Crippen LogP contribution in [0, 0.1) is 3.70 Å². The third-order valence-corrected chi connectivity index (χ3v) is 4.83. The van der Waals surface area contributed by atoms with Crippen LogP contribution in [-0.4, -0.2) is 39.5 Å². The minimum Gasteiger partial charge on any atom is -0.444 e. The maximum absolute atomic E-state index is 12.1. The van der Waals surface area contributed by atoms with Crippen LogP contribution in [0.2, 0.25) is 0 Å². The lowest BCUT2D eigenvalue weighted by molar-refractivity contribution is 0.0270. The zero-order chi connectivity index (χ0) is 17.5. The fraction of sp³-hybridized carbons (Fsp3) is 0.444. The summed E-state index contributed by atoms with van der Waals surface area (Å²) in [6, 6.07) is 6.44. The van der Waals surface area contributed by atoms with Crippen molar-refractivity contribution in [1.82, 2.24) is 14.7 Å². The van der Waals surface area contributed by atoms with Crippen molar-refractivity contribution in [2.45, 2.75) is 32.8 Å². The first-order valence-corrected chi connectivity index (χ1v) is 9.12. The van der Waals surface area contributed by atoms with Gasteiger partial charge in [0.1, 0.15) is 9.30 Å². The Hall–Kier alpha value is -1.57. The summed E-state index contributed by atoms with van der Waals surface area (Å²) < 4.78 is 8.36. The van der Waals surface area contributed by atoms with Crippen molar-refractivity contribution in [2.24, 2.45) is 7.05 Å². The molecule has 0 saturated carbocycles. The molecule has 128 valence electrons. The predicted molar refractivity (Wildman–Crippen MR) is 104 cm³/mol. The van der Waals surface area contributed by atoms with E-state index in [2.05, 4.69) is 52.0 Å². The standard InChI is InChI=1S/C18H22IN3O2/c1-18(2,3)24-17(23)22-9-7-12(8-10-22)13-5-6-15-14(11-13)16(19)20-21(15)4/h5-7,11H,8-10H2,1-4H3. The van der Waals surface area contributed by atoms with Gasteiger partial charge in [0.05, 0.1) is 5.52 Å². The lowest BCUT2D eigenvalue weighted by atomic mass is 9.98. The number of halogens is 1. The Kier molecular flexibility index (Phi) is 4.59. The first kappa shape index (κ1) is 17.3. The Balaban J connectivity index is 1.78. The largest absolute Gasteiger partial charge is 0.444 e. The van der Waals surface area contributed by atoms with Gasteiger partial charge in [0, 0.05) is 25.5 Å². The molecule has 0 saturated heterocycles. The molecular weight excluding hydrogens is 417 g/mol. The van der Waals surface area contributed by atoms with E-state index in [0.29, 0.717) is 13.1 Å². The van der Waals surface area contributed by atoms with Gasteiger partial charge in [-0.15, -0.1) is 0 Å². The summed E-state index contributed by atoms with van der Waals surface area (Å²) in [6.45, 7) is 6.94. The van der Waals surface area contributed by atoms with Crippen molar-refractivity contribution in [3.8, 4) is 0 Å². The molecule has 5 nitrogen and oxygen atoms in total. The van der Waals surface area contributed by atoms with Crippen molar-refractivity contribution in [3.05, 3.63) is 33.5 Å². The van der Waals surface area contributed by atoms with Gasteiger partial charge >= 0.3 is 6.09 Å². The second-order valence-corrected chi connectivity index (χ2v) is 8.07. The fourth-order valence-electron chi connectivity index (χ4n) is 2.85. The second kappa shape index (κ2) is 6.38. The zero-order valence-electron chi connectivity index (χ0n) is 14.5. The highest BCUT2D eigenvalue weighted by Gasteiger charge is 2.24. The van der Waals surface area contributed by atoms with Gasteiger partial charge in [-0.05, 0) is 73.1 Å². The maximum atomic E-state index is 12.1. The van der Waals surface area contributed by atoms with E-state index in [0.717, 1.165) is 15.6 Å². The highest BCUT2D eigenvalue weighted by atomic mass is 127. The molecule has 0 atom stereocenters. The summed E-state index contributed by atoms with van der Waals surface area (Å²) >= 11 is 2.27. The van der Waals surface area contributed by atoms with E-state index in [9.17, 15) is 4.79 Å². The maximum Gasteiger partial charge on any atom is 0.410 e. The van der Waals surface area contributed by atoms with Gasteiger partial charge in [-0.2, -0.15) is 5.10 Å². The molecule has 1 aromatic heterocycles. The number of aryl methyl sites for hydroxylation is 1. The quantitative estimate of drug-likeness (QED) is 0.626. The molecule has 0 aliphatic carbocycles. The molecule has 0 radical (unpaired) electrons. The van der Waals surface area contributed by atoms with Crippen LogP contribution in [0.15, 0.2) is 24.3 Å². The minimum absolute atomic E-state index is 0.241. The van der Waals surface area contributed by atoms with Gasteiger partial charge in [-0.1, -0.05) is 12.1 Å². The van der Waals surface area contributed by atoms with E-state index in [1.54, 1.807) is 4.90 Å². The first-order chi connectivity index (χ1) is 11.2. The van der Waals surface area contributed by atoms with E-state index in [1.165, 1.54) is 16.5 Å². The molecule has 0 bridgehead atoms. The second-order valence-electron chi connectivity index (χ2n) is 7.05. The molecule has 24 heavy (non-hydrogen) atoms. The fourth-order valence-corrected chi connectivity index (χ4v) is 3.60. The van der Waals surface area contributed by atoms with Gasteiger partial charge in [0.2, 0.25) is 0 Å². The molecule has 3 rings (SSSR count). The van der Waals surface area contributed by atoms with Gasteiger partial charge in [0.15, 0.2) is 0 Å². The number of hydrogen-bond donors (Lipinski definition) is 0. The van der Waals surface area contributed by atoms with Gasteiger partial charge in [-0.25, -0.2) is 4.79 Å². The number of amides is 1. The van der Waals surface area contributed by atoms with E-state index < -0.39 is 5.60 Å². The Morgan fingerprint density at radius 3 is 2.71 bits per heavy atom. The lowest BCUT2D eigenvalue weighted by Crippen LogP contribution is -2.39. The number of rotatable bonds is 1. The van der Waals surface area contributed by atoms with Crippen LogP contribution in [0.5, 0.6) is 0 Å². The van der Waals surface area contributed by atoms with Crippen LogP contribution < -0.4 is 0 Å². The van der Waals surface area contributed by atoms with Crippen LogP contribution in [-0.2, 0) is 11.8 Å². The molecule has 1 amide bonds. The average Bonchev–Trinajstić information content (AvgIpc) is 2.80. The number of carbonyl (C=O) groups is 1. The smallest absolute Gasteiger partial charge is 0.410 e. The molecule has 2 heterocycles. The normalized spacial score (nSPS) is 15.5. The van der Waals surface area contributed by atoms with Crippen molar-refractivity contribution in [1.29, 1.82) is 0 Å². The lowest BCUT2D eigenvalue weighted by Gasteiger charge is -2.29. The molecule has 0 spiro atoms. The summed E-state index contributed by atoms with van der Waals surface area (Å²) in [6.07, 6.45) is 2.72. The van der Waals surface area contributed by atoms with Crippen molar-refractivity contribution < 1.29 is 9.53 Å². The molecule has 0 fully saturated rings. The van der Waals surface area contributed by atoms with Crippen molar-refractivity contribution in [3.63, 3.8) is 0 Å². The van der Waals surface area contributed by atoms with E-state index in [-0.39, 0.29) is 6.09 Å². The topological polar surface area (TPSA) is 47.4 Å². The zero-order valence-corrected chi connectivity index (χ0v) is 16.6. The Morgan fingerprint density at radius 2 is 2.08 bits per heavy atom. The number of benzene rings is 1. The minimum atomic E-state index is -0.455. The van der Waals surface area contributed by atoms with Gasteiger partial charge in [0.25, 0.3) is 0 Å². The third-order valence-electron chi connectivity index (χ3n) is 4.04. The van der Waals surface area contributed by atoms with Crippen molar-refractivity contribution >= 4 is 45.2 Å². The number of ether oxygens (including phenoxy) is 1. The highest BCUT2D eigenvalue weighted by Crippen LogP contribution is 2.28. The number of hydrogen-bond acceptors (Lipinski definition) is 3. The highest BCUT2D eigenvalue weighted by molar-refractivity contribution is 14.1. The monoisotopic (exact) mass is 439 g/mol. The first-order valence-electron chi connectivity index (χ1n) is 8.04. The summed E-state index contributed by atoms with van der Waals surface area (Å²) in [7, 11) is 1.96. The predicted octanol–water partition coefficient (Wildman–Crippen LogP) is 4.20. The molecule has 1 aliphatic heterocycles. The SMILES string of the molecule is Cn1nc(I)c2cc(C3=CCN(C(=O)OC(C)(C)C)CC3)ccc21. The molecule has 1 aliphatic rings. The van der Waals surface area contributed by atoms with Crippen LogP contribution in [0.3, 0.4) is 0 Å². The number of aromatic nitrogens is 2. The Labute approximate surface area is 155 Å². The van der Waals surface area contributed by atoms with E-state index in [1.807, 2.05) is 32.5 Å². The van der Waals surface area contributed by atoms with Crippen LogP contribution in [0.25, 0.3) is 16.5 Å². The van der Waals surface area contributed by atoms with Crippen molar-refractivity contribution in [2.75, 3.05) is 13.1 Å². The molecule has 2 aromatic rings. The van der Waals surface area contributed by atoms with Gasteiger partial charge in [-0.3, -0.25) is 4.68 Å². The number of fused-ring (bicyclic) bond motifs is 1. The van der Waals surface area contributed by atoms with Crippen LogP contribution in [0.4, 0.5) is 4.79 Å². The summed E-state index contributed by atoms with van der Waals surface area (Å²) in [5.74, 6) is 0. The average molecular weight is 439 g/mol. The summed E-state index contributed by atoms with van der Waals surface area (Å²) in [4.78, 5) is 13.9. The molecule has 1 aromatic carbocycles. The third kappa shape index (κ3) is 3.58. The Morgan fingerprint density at radius 1 is 1.33 bits per heavy atom. The van der Waals surface area contributed by atoms with Crippen LogP contribution >= 0.6 is 22.6 Å². The van der Waals surface area contributed by atoms with Crippen LogP contribution in [0.1, 0.15) is 32.8 Å². The summed E-state index contributed by atoms with van der Waals surface area (Å²) in [5, 5.41) is 5.63. The summed E-state index contributed by atoms with van der Waals surface area (Å²) in [5.41, 5.74) is 3.16. The Bertz CT molecular complexity index is 818. The van der Waals surface area contributed by atoms with E-state index >= 15 is 0 Å². The molecule has 0 N–H and O–H groups in total. The van der Waals surface area contributed by atoms with Gasteiger partial charge < -0.3 is 9.64 Å².